The van der Waals surface area contributed by atoms with Gasteiger partial charge in [-0.25, -0.2) is 4.79 Å². The Morgan fingerprint density at radius 3 is 2.48 bits per heavy atom. The molecule has 0 bridgehead atoms. The van der Waals surface area contributed by atoms with Gasteiger partial charge in [-0.2, -0.15) is 0 Å². The van der Waals surface area contributed by atoms with Crippen LogP contribution in [-0.4, -0.2) is 25.6 Å². The summed E-state index contributed by atoms with van der Waals surface area (Å²) in [6.07, 6.45) is 0. The van der Waals surface area contributed by atoms with Crippen LogP contribution in [0.15, 0.2) is 41.8 Å². The summed E-state index contributed by atoms with van der Waals surface area (Å²) >= 11 is 2.92. The number of thiophene rings is 2. The number of methoxy groups -OCH3 is 1. The second-order valence-corrected chi connectivity index (χ2v) is 7.79. The summed E-state index contributed by atoms with van der Waals surface area (Å²) in [7, 11) is 1.57. The Balaban J connectivity index is 1.98. The van der Waals surface area contributed by atoms with Crippen LogP contribution in [0.25, 0.3) is 10.4 Å². The normalized spacial score (nSPS) is 10.5. The maximum atomic E-state index is 12.7. The first-order valence-corrected chi connectivity index (χ1v) is 10.0. The number of rotatable bonds is 6. The van der Waals surface area contributed by atoms with E-state index >= 15 is 0 Å². The number of amides is 1. The molecule has 7 heteroatoms. The summed E-state index contributed by atoms with van der Waals surface area (Å²) in [5, 5.41) is 5.32. The molecule has 5 nitrogen and oxygen atoms in total. The van der Waals surface area contributed by atoms with E-state index in [2.05, 4.69) is 5.32 Å². The van der Waals surface area contributed by atoms with Gasteiger partial charge in [0, 0.05) is 20.9 Å². The fourth-order valence-corrected chi connectivity index (χ4v) is 4.62. The summed E-state index contributed by atoms with van der Waals surface area (Å²) in [5.41, 5.74) is 1.71. The topological polar surface area (TPSA) is 64.6 Å². The van der Waals surface area contributed by atoms with Gasteiger partial charge >= 0.3 is 5.97 Å². The molecular weight excluding hydrogens is 382 g/mol. The highest BCUT2D eigenvalue weighted by molar-refractivity contribution is 7.18. The molecule has 0 fully saturated rings. The molecule has 1 N–H and O–H groups in total. The van der Waals surface area contributed by atoms with Crippen LogP contribution in [0.5, 0.6) is 5.75 Å². The van der Waals surface area contributed by atoms with Crippen molar-refractivity contribution >= 4 is 39.6 Å². The first-order valence-electron chi connectivity index (χ1n) is 8.35. The van der Waals surface area contributed by atoms with Crippen LogP contribution < -0.4 is 10.1 Å². The number of ether oxygens (including phenoxy) is 2. The van der Waals surface area contributed by atoms with Crippen molar-refractivity contribution in [2.75, 3.05) is 19.0 Å². The van der Waals surface area contributed by atoms with E-state index in [0.717, 1.165) is 15.3 Å². The average molecular weight is 402 g/mol. The Kier molecular flexibility index (Phi) is 5.93. The fourth-order valence-electron chi connectivity index (χ4n) is 2.67. The second kappa shape index (κ2) is 8.37. The minimum absolute atomic E-state index is 0.267. The zero-order valence-electron chi connectivity index (χ0n) is 15.2. The quantitative estimate of drug-likeness (QED) is 0.575. The molecule has 0 radical (unpaired) electrons. The molecule has 0 spiro atoms. The predicted molar refractivity (Wildman–Crippen MR) is 109 cm³/mol. The highest BCUT2D eigenvalue weighted by atomic mass is 32.1. The number of carbonyl (C=O) groups is 2. The summed E-state index contributed by atoms with van der Waals surface area (Å²) in [4.78, 5) is 27.2. The van der Waals surface area contributed by atoms with Crippen molar-refractivity contribution in [3.63, 3.8) is 0 Å². The van der Waals surface area contributed by atoms with Gasteiger partial charge < -0.3 is 14.8 Å². The van der Waals surface area contributed by atoms with E-state index in [0.29, 0.717) is 21.9 Å². The molecule has 1 aromatic carbocycles. The largest absolute Gasteiger partial charge is 0.497 e. The van der Waals surface area contributed by atoms with E-state index < -0.39 is 5.97 Å². The number of esters is 1. The van der Waals surface area contributed by atoms with Crippen LogP contribution in [0.1, 0.15) is 32.5 Å². The van der Waals surface area contributed by atoms with Gasteiger partial charge in [0.25, 0.3) is 5.91 Å². The number of nitrogens with one attached hydrogen (secondary N) is 1. The molecule has 140 valence electrons. The van der Waals surface area contributed by atoms with Gasteiger partial charge in [-0.05, 0) is 49.6 Å². The molecule has 3 rings (SSSR count). The number of carbonyl (C=O) groups excluding carboxylic acids is 2. The van der Waals surface area contributed by atoms with Gasteiger partial charge in [-0.1, -0.05) is 6.07 Å². The van der Waals surface area contributed by atoms with Crippen LogP contribution in [-0.2, 0) is 4.74 Å². The number of hydrogen-bond donors (Lipinski definition) is 1. The highest BCUT2D eigenvalue weighted by Crippen LogP contribution is 2.42. The fraction of sp³-hybridized carbons (Fsp3) is 0.200. The number of anilines is 1. The molecule has 0 aliphatic heterocycles. The smallest absolute Gasteiger partial charge is 0.341 e. The van der Waals surface area contributed by atoms with Crippen molar-refractivity contribution in [2.45, 2.75) is 13.8 Å². The second-order valence-electron chi connectivity index (χ2n) is 5.62. The third kappa shape index (κ3) is 4.04. The van der Waals surface area contributed by atoms with Crippen molar-refractivity contribution in [3.8, 4) is 16.2 Å². The molecule has 0 unspecified atom stereocenters. The van der Waals surface area contributed by atoms with E-state index in [4.69, 9.17) is 9.47 Å². The maximum Gasteiger partial charge on any atom is 0.341 e. The van der Waals surface area contributed by atoms with Crippen molar-refractivity contribution in [1.82, 2.24) is 0 Å². The zero-order valence-corrected chi connectivity index (χ0v) is 16.8. The molecule has 0 saturated heterocycles. The third-order valence-corrected chi connectivity index (χ3v) is 5.82. The van der Waals surface area contributed by atoms with Crippen LogP contribution in [0.3, 0.4) is 0 Å². The molecule has 0 aliphatic rings. The minimum atomic E-state index is -0.435. The van der Waals surface area contributed by atoms with Gasteiger partial charge in [0.05, 0.1) is 13.7 Å². The minimum Gasteiger partial charge on any atom is -0.497 e. The lowest BCUT2D eigenvalue weighted by molar-refractivity contribution is 0.0529. The van der Waals surface area contributed by atoms with Crippen LogP contribution in [0, 0.1) is 6.92 Å². The monoisotopic (exact) mass is 401 g/mol. The summed E-state index contributed by atoms with van der Waals surface area (Å²) in [6.45, 7) is 3.96. The molecule has 27 heavy (non-hydrogen) atoms. The van der Waals surface area contributed by atoms with E-state index in [-0.39, 0.29) is 12.5 Å². The molecule has 0 aliphatic carbocycles. The number of aryl methyl sites for hydroxylation is 1. The Bertz CT molecular complexity index is 943. The molecular formula is C20H19NO4S2. The standard InChI is InChI=1S/C20H19NO4S2/c1-4-25-20(23)17-16(15-6-5-11-26-15)12(2)27-19(17)21-18(22)13-7-9-14(24-3)10-8-13/h5-11H,4H2,1-3H3,(H,21,22). The van der Waals surface area contributed by atoms with Gasteiger partial charge in [0.1, 0.15) is 16.3 Å². The van der Waals surface area contributed by atoms with Crippen molar-refractivity contribution in [1.29, 1.82) is 0 Å². The molecule has 3 aromatic rings. The Hall–Kier alpha value is -2.64. The lowest BCUT2D eigenvalue weighted by Crippen LogP contribution is -2.14. The first-order chi connectivity index (χ1) is 13.0. The van der Waals surface area contributed by atoms with Gasteiger partial charge in [0.2, 0.25) is 0 Å². The zero-order chi connectivity index (χ0) is 19.4. The van der Waals surface area contributed by atoms with Crippen molar-refractivity contribution < 1.29 is 19.1 Å². The van der Waals surface area contributed by atoms with Gasteiger partial charge in [-0.3, -0.25) is 4.79 Å². The Morgan fingerprint density at radius 1 is 1.15 bits per heavy atom. The average Bonchev–Trinajstić information content (AvgIpc) is 3.29. The molecule has 2 heterocycles. The lowest BCUT2D eigenvalue weighted by Gasteiger charge is -2.08. The highest BCUT2D eigenvalue weighted by Gasteiger charge is 2.26. The van der Waals surface area contributed by atoms with Crippen LogP contribution in [0.4, 0.5) is 5.00 Å². The van der Waals surface area contributed by atoms with Gasteiger partial charge in [0.15, 0.2) is 0 Å². The SMILES string of the molecule is CCOC(=O)c1c(NC(=O)c2ccc(OC)cc2)sc(C)c1-c1cccs1. The molecule has 1 amide bonds. The number of benzene rings is 1. The van der Waals surface area contributed by atoms with Crippen LogP contribution >= 0.6 is 22.7 Å². The lowest BCUT2D eigenvalue weighted by atomic mass is 10.1. The summed E-state index contributed by atoms with van der Waals surface area (Å²) in [5.74, 6) is -0.0526. The van der Waals surface area contributed by atoms with Crippen molar-refractivity contribution in [3.05, 3.63) is 57.8 Å². The Morgan fingerprint density at radius 2 is 1.89 bits per heavy atom. The molecule has 0 atom stereocenters. The molecule has 0 saturated carbocycles. The molecule has 2 aromatic heterocycles. The van der Waals surface area contributed by atoms with Crippen molar-refractivity contribution in [2.24, 2.45) is 0 Å². The first kappa shape index (κ1) is 19.1. The van der Waals surface area contributed by atoms with Gasteiger partial charge in [-0.15, -0.1) is 22.7 Å². The van der Waals surface area contributed by atoms with E-state index in [9.17, 15) is 9.59 Å². The maximum absolute atomic E-state index is 12.7. The predicted octanol–water partition coefficient (Wildman–Crippen LogP) is 5.22. The Labute approximate surface area is 165 Å². The van der Waals surface area contributed by atoms with E-state index in [1.165, 1.54) is 11.3 Å². The van der Waals surface area contributed by atoms with Crippen LogP contribution in [0.2, 0.25) is 0 Å². The van der Waals surface area contributed by atoms with E-state index in [1.807, 2.05) is 24.4 Å². The third-order valence-electron chi connectivity index (χ3n) is 3.91. The summed E-state index contributed by atoms with van der Waals surface area (Å²) in [6, 6.07) is 10.7. The summed E-state index contributed by atoms with van der Waals surface area (Å²) < 4.78 is 10.4. The number of hydrogen-bond acceptors (Lipinski definition) is 6. The van der Waals surface area contributed by atoms with E-state index in [1.54, 1.807) is 49.6 Å².